The summed E-state index contributed by atoms with van der Waals surface area (Å²) in [6, 6.07) is 7.31. The molecule has 1 saturated heterocycles. The quantitative estimate of drug-likeness (QED) is 0.619. The lowest BCUT2D eigenvalue weighted by Gasteiger charge is -2.30. The molecule has 0 bridgehead atoms. The van der Waals surface area contributed by atoms with E-state index in [1.54, 1.807) is 17.9 Å². The average Bonchev–Trinajstić information content (AvgIpc) is 3.19. The van der Waals surface area contributed by atoms with E-state index >= 15 is 0 Å². The van der Waals surface area contributed by atoms with E-state index < -0.39 is 0 Å². The highest BCUT2D eigenvalue weighted by atomic mass is 35.5. The van der Waals surface area contributed by atoms with Gasteiger partial charge < -0.3 is 19.1 Å². The maximum absolute atomic E-state index is 13.5. The molecule has 0 aliphatic carbocycles. The Kier molecular flexibility index (Phi) is 5.33. The molecule has 0 N–H and O–H groups in total. The number of hydrogen-bond acceptors (Lipinski definition) is 7. The molecule has 31 heavy (non-hydrogen) atoms. The molecule has 0 atom stereocenters. The molecular formula is C22H22ClN5O3. The van der Waals surface area contributed by atoms with Crippen molar-refractivity contribution in [3.8, 4) is 11.3 Å². The van der Waals surface area contributed by atoms with Crippen LogP contribution in [0.2, 0.25) is 5.02 Å². The Morgan fingerprint density at radius 1 is 1.16 bits per heavy atom. The predicted octanol–water partition coefficient (Wildman–Crippen LogP) is 3.13. The van der Waals surface area contributed by atoms with Gasteiger partial charge in [-0.15, -0.1) is 0 Å². The smallest absolute Gasteiger partial charge is 0.260 e. The number of aromatic nitrogens is 3. The number of carbonyl (C=O) groups is 1. The number of anilines is 1. The molecule has 1 amide bonds. The fraction of sp³-hybridized carbons (Fsp3) is 0.364. The van der Waals surface area contributed by atoms with Gasteiger partial charge in [-0.1, -0.05) is 35.0 Å². The third kappa shape index (κ3) is 3.77. The number of ether oxygens (including phenoxy) is 1. The van der Waals surface area contributed by atoms with Crippen LogP contribution >= 0.6 is 11.6 Å². The Hall–Kier alpha value is -2.97. The number of nitrogens with zero attached hydrogens (tertiary/aromatic N) is 5. The fourth-order valence-electron chi connectivity index (χ4n) is 4.00. The van der Waals surface area contributed by atoms with Crippen LogP contribution in [0.1, 0.15) is 27.4 Å². The maximum atomic E-state index is 13.5. The van der Waals surface area contributed by atoms with Gasteiger partial charge in [0.1, 0.15) is 17.0 Å². The molecule has 2 aromatic heterocycles. The number of rotatable bonds is 3. The SMILES string of the molecule is Cc1onc(-c2ccccc2Cl)c1C(=O)N1CCc2cnc(N3CCOCC3)nc2C1. The second kappa shape index (κ2) is 8.28. The predicted molar refractivity (Wildman–Crippen MR) is 115 cm³/mol. The summed E-state index contributed by atoms with van der Waals surface area (Å²) in [6.45, 7) is 5.62. The summed E-state index contributed by atoms with van der Waals surface area (Å²) >= 11 is 6.35. The van der Waals surface area contributed by atoms with E-state index in [0.29, 0.717) is 66.3 Å². The van der Waals surface area contributed by atoms with Crippen LogP contribution < -0.4 is 4.90 Å². The van der Waals surface area contributed by atoms with Crippen molar-refractivity contribution in [2.45, 2.75) is 19.9 Å². The third-order valence-electron chi connectivity index (χ3n) is 5.72. The molecule has 4 heterocycles. The number of benzene rings is 1. The molecule has 160 valence electrons. The normalized spacial score (nSPS) is 16.3. The molecule has 0 spiro atoms. The highest BCUT2D eigenvalue weighted by Gasteiger charge is 2.30. The van der Waals surface area contributed by atoms with Crippen molar-refractivity contribution >= 4 is 23.5 Å². The van der Waals surface area contributed by atoms with Crippen molar-refractivity contribution in [1.82, 2.24) is 20.0 Å². The van der Waals surface area contributed by atoms with Gasteiger partial charge in [0.2, 0.25) is 5.95 Å². The van der Waals surface area contributed by atoms with Crippen LogP contribution in [0, 0.1) is 6.92 Å². The van der Waals surface area contributed by atoms with E-state index in [1.165, 1.54) is 0 Å². The first kappa shape index (κ1) is 20.0. The van der Waals surface area contributed by atoms with Gasteiger partial charge in [0.25, 0.3) is 5.91 Å². The van der Waals surface area contributed by atoms with Crippen LogP contribution in [0.25, 0.3) is 11.3 Å². The number of aryl methyl sites for hydroxylation is 1. The lowest BCUT2D eigenvalue weighted by atomic mass is 10.0. The van der Waals surface area contributed by atoms with E-state index in [4.69, 9.17) is 25.8 Å². The molecule has 0 radical (unpaired) electrons. The van der Waals surface area contributed by atoms with Crippen molar-refractivity contribution in [1.29, 1.82) is 0 Å². The maximum Gasteiger partial charge on any atom is 0.260 e. The van der Waals surface area contributed by atoms with Crippen molar-refractivity contribution in [3.05, 3.63) is 58.1 Å². The second-order valence-corrected chi connectivity index (χ2v) is 8.07. The Bertz CT molecular complexity index is 1130. The fourth-order valence-corrected chi connectivity index (χ4v) is 4.23. The van der Waals surface area contributed by atoms with E-state index in [1.807, 2.05) is 24.4 Å². The topological polar surface area (TPSA) is 84.6 Å². The Balaban J connectivity index is 1.43. The largest absolute Gasteiger partial charge is 0.378 e. The second-order valence-electron chi connectivity index (χ2n) is 7.66. The summed E-state index contributed by atoms with van der Waals surface area (Å²) in [5.74, 6) is 1.03. The summed E-state index contributed by atoms with van der Waals surface area (Å²) in [4.78, 5) is 26.7. The van der Waals surface area contributed by atoms with Gasteiger partial charge in [0, 0.05) is 31.4 Å². The van der Waals surface area contributed by atoms with Gasteiger partial charge in [0.05, 0.1) is 30.5 Å². The van der Waals surface area contributed by atoms with Gasteiger partial charge in [0.15, 0.2) is 0 Å². The van der Waals surface area contributed by atoms with Gasteiger partial charge in [-0.05, 0) is 25.0 Å². The first-order valence-electron chi connectivity index (χ1n) is 10.3. The first-order chi connectivity index (χ1) is 15.1. The van der Waals surface area contributed by atoms with Gasteiger partial charge >= 0.3 is 0 Å². The van der Waals surface area contributed by atoms with Crippen molar-refractivity contribution in [2.24, 2.45) is 0 Å². The minimum absolute atomic E-state index is 0.133. The molecule has 9 heteroatoms. The van der Waals surface area contributed by atoms with E-state index in [-0.39, 0.29) is 5.91 Å². The number of fused-ring (bicyclic) bond motifs is 1. The number of carbonyl (C=O) groups excluding carboxylic acids is 1. The molecule has 1 fully saturated rings. The van der Waals surface area contributed by atoms with E-state index in [2.05, 4.69) is 15.0 Å². The summed E-state index contributed by atoms with van der Waals surface area (Å²) in [5, 5.41) is 4.66. The van der Waals surface area contributed by atoms with Gasteiger partial charge in [-0.3, -0.25) is 4.79 Å². The highest BCUT2D eigenvalue weighted by molar-refractivity contribution is 6.33. The number of morpholine rings is 1. The van der Waals surface area contributed by atoms with Crippen molar-refractivity contribution in [2.75, 3.05) is 37.7 Å². The number of hydrogen-bond donors (Lipinski definition) is 0. The van der Waals surface area contributed by atoms with Crippen molar-refractivity contribution < 1.29 is 14.1 Å². The lowest BCUT2D eigenvalue weighted by molar-refractivity contribution is 0.0730. The summed E-state index contributed by atoms with van der Waals surface area (Å²) < 4.78 is 10.8. The zero-order valence-electron chi connectivity index (χ0n) is 17.2. The van der Waals surface area contributed by atoms with Crippen molar-refractivity contribution in [3.63, 3.8) is 0 Å². The molecular weight excluding hydrogens is 418 g/mol. The molecule has 0 unspecified atom stereocenters. The van der Waals surface area contributed by atoms with Crippen LogP contribution in [-0.2, 0) is 17.7 Å². The molecule has 1 aromatic carbocycles. The van der Waals surface area contributed by atoms with Gasteiger partial charge in [-0.25, -0.2) is 9.97 Å². The van der Waals surface area contributed by atoms with Crippen LogP contribution in [0.3, 0.4) is 0 Å². The van der Waals surface area contributed by atoms with E-state index in [0.717, 1.165) is 24.3 Å². The molecule has 8 nitrogen and oxygen atoms in total. The summed E-state index contributed by atoms with van der Waals surface area (Å²) in [5.41, 5.74) is 3.55. The highest BCUT2D eigenvalue weighted by Crippen LogP contribution is 2.32. The Morgan fingerprint density at radius 3 is 2.77 bits per heavy atom. The molecule has 0 saturated carbocycles. The molecule has 5 rings (SSSR count). The average molecular weight is 440 g/mol. The minimum atomic E-state index is -0.133. The van der Waals surface area contributed by atoms with Crippen LogP contribution in [0.5, 0.6) is 0 Å². The van der Waals surface area contributed by atoms with Gasteiger partial charge in [-0.2, -0.15) is 0 Å². The Labute approximate surface area is 184 Å². The molecule has 2 aliphatic rings. The lowest BCUT2D eigenvalue weighted by Crippen LogP contribution is -2.39. The summed E-state index contributed by atoms with van der Waals surface area (Å²) in [7, 11) is 0. The Morgan fingerprint density at radius 2 is 1.97 bits per heavy atom. The monoisotopic (exact) mass is 439 g/mol. The number of halogens is 1. The summed E-state index contributed by atoms with van der Waals surface area (Å²) in [6.07, 6.45) is 2.59. The van der Waals surface area contributed by atoms with Crippen LogP contribution in [0.15, 0.2) is 35.0 Å². The standard InChI is InChI=1S/C22H22ClN5O3/c1-14-19(20(26-31-14)16-4-2-3-5-17(16)23)21(29)28-7-6-15-12-24-22(25-18(15)13-28)27-8-10-30-11-9-27/h2-5,12H,6-11,13H2,1H3. The first-order valence-corrected chi connectivity index (χ1v) is 10.7. The molecule has 3 aromatic rings. The number of amides is 1. The molecule has 2 aliphatic heterocycles. The zero-order valence-corrected chi connectivity index (χ0v) is 17.9. The zero-order chi connectivity index (χ0) is 21.4. The van der Waals surface area contributed by atoms with Crippen LogP contribution in [-0.4, -0.2) is 58.8 Å². The van der Waals surface area contributed by atoms with E-state index in [9.17, 15) is 4.79 Å². The van der Waals surface area contributed by atoms with Crippen LogP contribution in [0.4, 0.5) is 5.95 Å². The minimum Gasteiger partial charge on any atom is -0.378 e. The third-order valence-corrected chi connectivity index (χ3v) is 6.05.